The van der Waals surface area contributed by atoms with E-state index >= 15 is 0 Å². The first-order chi connectivity index (χ1) is 9.19. The Kier molecular flexibility index (Phi) is 4.69. The van der Waals surface area contributed by atoms with E-state index < -0.39 is 0 Å². The monoisotopic (exact) mass is 275 g/mol. The second-order valence-corrected chi connectivity index (χ2v) is 4.83. The van der Waals surface area contributed by atoms with E-state index in [1.165, 1.54) is 11.1 Å². The molecule has 19 heavy (non-hydrogen) atoms. The molecule has 1 N–H and O–H groups in total. The number of anilines is 1. The summed E-state index contributed by atoms with van der Waals surface area (Å²) in [6, 6.07) is 14.0. The van der Waals surface area contributed by atoms with E-state index in [2.05, 4.69) is 18.3 Å². The first-order valence-electron chi connectivity index (χ1n) is 6.41. The van der Waals surface area contributed by atoms with Crippen LogP contribution in [0.4, 0.5) is 5.69 Å². The molecule has 0 spiro atoms. The van der Waals surface area contributed by atoms with Gasteiger partial charge in [-0.3, -0.25) is 0 Å². The lowest BCUT2D eigenvalue weighted by molar-refractivity contribution is 0.340. The fourth-order valence-electron chi connectivity index (χ4n) is 1.89. The highest BCUT2D eigenvalue weighted by molar-refractivity contribution is 6.30. The largest absolute Gasteiger partial charge is 0.494 e. The Balaban J connectivity index is 2.01. The standard InChI is InChI=1S/C16H18ClNO/c1-3-19-15-8-9-16(12(2)10-15)18-11-13-4-6-14(17)7-5-13/h4-10,18H,3,11H2,1-2H3. The number of nitrogens with one attached hydrogen (secondary N) is 1. The number of aryl methyl sites for hydroxylation is 1. The van der Waals surface area contributed by atoms with Crippen LogP contribution in [0.1, 0.15) is 18.1 Å². The summed E-state index contributed by atoms with van der Waals surface area (Å²) >= 11 is 5.87. The molecule has 0 aliphatic heterocycles. The predicted molar refractivity (Wildman–Crippen MR) is 81.1 cm³/mol. The number of halogens is 1. The number of ether oxygens (including phenoxy) is 1. The quantitative estimate of drug-likeness (QED) is 0.857. The van der Waals surface area contributed by atoms with Crippen molar-refractivity contribution in [3.63, 3.8) is 0 Å². The van der Waals surface area contributed by atoms with Crippen LogP contribution in [0, 0.1) is 6.92 Å². The first kappa shape index (κ1) is 13.8. The molecule has 0 aliphatic carbocycles. The van der Waals surface area contributed by atoms with Gasteiger partial charge in [0.15, 0.2) is 0 Å². The lowest BCUT2D eigenvalue weighted by Gasteiger charge is -2.11. The van der Waals surface area contributed by atoms with Crippen LogP contribution in [0.2, 0.25) is 5.02 Å². The lowest BCUT2D eigenvalue weighted by atomic mass is 10.1. The van der Waals surface area contributed by atoms with E-state index in [1.807, 2.05) is 43.3 Å². The van der Waals surface area contributed by atoms with Gasteiger partial charge in [0.2, 0.25) is 0 Å². The van der Waals surface area contributed by atoms with E-state index in [9.17, 15) is 0 Å². The highest BCUT2D eigenvalue weighted by atomic mass is 35.5. The Bertz CT molecular complexity index is 537. The zero-order valence-corrected chi connectivity index (χ0v) is 12.0. The van der Waals surface area contributed by atoms with E-state index in [4.69, 9.17) is 16.3 Å². The van der Waals surface area contributed by atoms with Crippen molar-refractivity contribution >= 4 is 17.3 Å². The van der Waals surface area contributed by atoms with Crippen molar-refractivity contribution in [3.8, 4) is 5.75 Å². The van der Waals surface area contributed by atoms with Gasteiger partial charge in [-0.15, -0.1) is 0 Å². The predicted octanol–water partition coefficient (Wildman–Crippen LogP) is 4.66. The molecule has 0 heterocycles. The molecule has 2 aromatic rings. The van der Waals surface area contributed by atoms with Gasteiger partial charge in [0.1, 0.15) is 5.75 Å². The smallest absolute Gasteiger partial charge is 0.119 e. The molecule has 2 aromatic carbocycles. The molecule has 0 radical (unpaired) electrons. The third-order valence-electron chi connectivity index (χ3n) is 2.91. The van der Waals surface area contributed by atoms with E-state index in [-0.39, 0.29) is 0 Å². The second-order valence-electron chi connectivity index (χ2n) is 4.39. The fourth-order valence-corrected chi connectivity index (χ4v) is 2.02. The maximum absolute atomic E-state index is 5.87. The van der Waals surface area contributed by atoms with E-state index in [0.29, 0.717) is 6.61 Å². The second kappa shape index (κ2) is 6.48. The van der Waals surface area contributed by atoms with Crippen molar-refractivity contribution in [2.24, 2.45) is 0 Å². The number of hydrogen-bond acceptors (Lipinski definition) is 2. The van der Waals surface area contributed by atoms with Crippen molar-refractivity contribution in [3.05, 3.63) is 58.6 Å². The van der Waals surface area contributed by atoms with Gasteiger partial charge in [-0.25, -0.2) is 0 Å². The highest BCUT2D eigenvalue weighted by Gasteiger charge is 2.01. The Morgan fingerprint density at radius 1 is 1.11 bits per heavy atom. The Labute approximate surface area is 119 Å². The molecule has 0 bridgehead atoms. The summed E-state index contributed by atoms with van der Waals surface area (Å²) in [5, 5.41) is 4.18. The molecule has 0 fully saturated rings. The number of rotatable bonds is 5. The van der Waals surface area contributed by atoms with Crippen LogP contribution < -0.4 is 10.1 Å². The molecule has 0 aromatic heterocycles. The van der Waals surface area contributed by atoms with Crippen LogP contribution in [0.3, 0.4) is 0 Å². The highest BCUT2D eigenvalue weighted by Crippen LogP contribution is 2.22. The topological polar surface area (TPSA) is 21.3 Å². The molecule has 2 rings (SSSR count). The summed E-state index contributed by atoms with van der Waals surface area (Å²) in [6.07, 6.45) is 0. The minimum absolute atomic E-state index is 0.691. The molecule has 3 heteroatoms. The summed E-state index contributed by atoms with van der Waals surface area (Å²) in [5.41, 5.74) is 3.51. The Morgan fingerprint density at radius 2 is 1.84 bits per heavy atom. The third kappa shape index (κ3) is 3.90. The Morgan fingerprint density at radius 3 is 2.47 bits per heavy atom. The Hall–Kier alpha value is -1.67. The average molecular weight is 276 g/mol. The van der Waals surface area contributed by atoms with Crippen LogP contribution in [0.25, 0.3) is 0 Å². The zero-order chi connectivity index (χ0) is 13.7. The van der Waals surface area contributed by atoms with Crippen molar-refractivity contribution in [1.82, 2.24) is 0 Å². The van der Waals surface area contributed by atoms with Gasteiger partial charge >= 0.3 is 0 Å². The SMILES string of the molecule is CCOc1ccc(NCc2ccc(Cl)cc2)c(C)c1. The third-order valence-corrected chi connectivity index (χ3v) is 3.16. The molecule has 0 unspecified atom stereocenters. The van der Waals surface area contributed by atoms with Gasteiger partial charge in [-0.2, -0.15) is 0 Å². The zero-order valence-electron chi connectivity index (χ0n) is 11.2. The minimum Gasteiger partial charge on any atom is -0.494 e. The first-order valence-corrected chi connectivity index (χ1v) is 6.78. The average Bonchev–Trinajstić information content (AvgIpc) is 2.40. The van der Waals surface area contributed by atoms with Gasteiger partial charge in [0.25, 0.3) is 0 Å². The summed E-state index contributed by atoms with van der Waals surface area (Å²) in [5.74, 6) is 0.914. The molecule has 100 valence electrons. The molecule has 0 amide bonds. The van der Waals surface area contributed by atoms with Gasteiger partial charge in [-0.1, -0.05) is 23.7 Å². The van der Waals surface area contributed by atoms with Crippen LogP contribution in [0.15, 0.2) is 42.5 Å². The van der Waals surface area contributed by atoms with Gasteiger partial charge in [0, 0.05) is 17.3 Å². The van der Waals surface area contributed by atoms with Gasteiger partial charge in [-0.05, 0) is 55.3 Å². The van der Waals surface area contributed by atoms with E-state index in [1.54, 1.807) is 0 Å². The fraction of sp³-hybridized carbons (Fsp3) is 0.250. The molecule has 2 nitrogen and oxygen atoms in total. The summed E-state index contributed by atoms with van der Waals surface area (Å²) in [4.78, 5) is 0. The molecular formula is C16H18ClNO. The molecule has 0 saturated heterocycles. The van der Waals surface area contributed by atoms with Crippen molar-refractivity contribution in [2.45, 2.75) is 20.4 Å². The van der Waals surface area contributed by atoms with Crippen LogP contribution >= 0.6 is 11.6 Å². The molecule has 0 atom stereocenters. The maximum atomic E-state index is 5.87. The number of benzene rings is 2. The summed E-state index contributed by atoms with van der Waals surface area (Å²) in [6.45, 7) is 5.54. The van der Waals surface area contributed by atoms with Crippen molar-refractivity contribution in [1.29, 1.82) is 0 Å². The van der Waals surface area contributed by atoms with Crippen molar-refractivity contribution < 1.29 is 4.74 Å². The maximum Gasteiger partial charge on any atom is 0.119 e. The summed E-state index contributed by atoms with van der Waals surface area (Å²) in [7, 11) is 0. The molecular weight excluding hydrogens is 258 g/mol. The summed E-state index contributed by atoms with van der Waals surface area (Å²) < 4.78 is 5.48. The van der Waals surface area contributed by atoms with Crippen molar-refractivity contribution in [2.75, 3.05) is 11.9 Å². The van der Waals surface area contributed by atoms with Gasteiger partial charge < -0.3 is 10.1 Å². The lowest BCUT2D eigenvalue weighted by Crippen LogP contribution is -2.01. The van der Waals surface area contributed by atoms with Crippen LogP contribution in [-0.4, -0.2) is 6.61 Å². The normalized spacial score (nSPS) is 10.3. The number of hydrogen-bond donors (Lipinski definition) is 1. The van der Waals surface area contributed by atoms with Gasteiger partial charge in [0.05, 0.1) is 6.61 Å². The van der Waals surface area contributed by atoms with E-state index in [0.717, 1.165) is 23.0 Å². The van der Waals surface area contributed by atoms with Crippen LogP contribution in [-0.2, 0) is 6.54 Å². The minimum atomic E-state index is 0.691. The van der Waals surface area contributed by atoms with Crippen LogP contribution in [0.5, 0.6) is 5.75 Å². The molecule has 0 aliphatic rings. The molecule has 0 saturated carbocycles.